The van der Waals surface area contributed by atoms with E-state index in [1.807, 2.05) is 18.2 Å². The van der Waals surface area contributed by atoms with Gasteiger partial charge in [-0.2, -0.15) is 0 Å². The number of carboxylic acid groups (broad SMARTS) is 1. The summed E-state index contributed by atoms with van der Waals surface area (Å²) in [6.45, 7) is 2.19. The van der Waals surface area contributed by atoms with Crippen LogP contribution in [0.25, 0.3) is 10.9 Å². The number of hydrogen-bond acceptors (Lipinski definition) is 3. The van der Waals surface area contributed by atoms with Gasteiger partial charge >= 0.3 is 5.97 Å². The number of para-hydroxylation sites is 1. The Morgan fingerprint density at radius 3 is 3.00 bits per heavy atom. The monoisotopic (exact) mass is 270 g/mol. The van der Waals surface area contributed by atoms with E-state index in [1.165, 1.54) is 12.8 Å². The van der Waals surface area contributed by atoms with E-state index in [9.17, 15) is 9.90 Å². The van der Waals surface area contributed by atoms with Crippen molar-refractivity contribution in [2.75, 3.05) is 5.32 Å². The number of anilines is 1. The zero-order valence-corrected chi connectivity index (χ0v) is 11.5. The third-order valence-corrected chi connectivity index (χ3v) is 3.86. The lowest BCUT2D eigenvalue weighted by Crippen LogP contribution is -2.08. The van der Waals surface area contributed by atoms with Crippen molar-refractivity contribution in [3.8, 4) is 0 Å². The maximum absolute atomic E-state index is 11.4. The molecule has 0 spiro atoms. The minimum Gasteiger partial charge on any atom is -0.478 e. The topological polar surface area (TPSA) is 62.2 Å². The van der Waals surface area contributed by atoms with Gasteiger partial charge in [-0.1, -0.05) is 31.5 Å². The second-order valence-electron chi connectivity index (χ2n) is 5.41. The molecule has 3 rings (SSSR count). The Morgan fingerprint density at radius 2 is 2.25 bits per heavy atom. The quantitative estimate of drug-likeness (QED) is 0.872. The molecular weight excluding hydrogens is 252 g/mol. The maximum Gasteiger partial charge on any atom is 0.336 e. The van der Waals surface area contributed by atoms with Crippen molar-refractivity contribution in [3.63, 3.8) is 0 Å². The Balaban J connectivity index is 1.90. The SMILES string of the molecule is CCCC1CC1Nc1cc(C(=O)O)c2ccccc2n1. The van der Waals surface area contributed by atoms with Gasteiger partial charge in [0.2, 0.25) is 0 Å². The first-order valence-electron chi connectivity index (χ1n) is 7.08. The van der Waals surface area contributed by atoms with E-state index in [-0.39, 0.29) is 0 Å². The summed E-state index contributed by atoms with van der Waals surface area (Å²) in [6.07, 6.45) is 3.57. The number of carbonyl (C=O) groups is 1. The lowest BCUT2D eigenvalue weighted by atomic mass is 10.1. The molecule has 0 amide bonds. The molecule has 0 saturated heterocycles. The van der Waals surface area contributed by atoms with Gasteiger partial charge in [-0.25, -0.2) is 9.78 Å². The Bertz CT molecular complexity index is 654. The lowest BCUT2D eigenvalue weighted by Gasteiger charge is -2.09. The van der Waals surface area contributed by atoms with E-state index in [0.29, 0.717) is 28.7 Å². The largest absolute Gasteiger partial charge is 0.478 e. The molecule has 4 heteroatoms. The van der Waals surface area contributed by atoms with Crippen molar-refractivity contribution in [2.45, 2.75) is 32.2 Å². The van der Waals surface area contributed by atoms with Gasteiger partial charge in [0.25, 0.3) is 0 Å². The number of nitrogens with one attached hydrogen (secondary N) is 1. The first-order valence-corrected chi connectivity index (χ1v) is 7.08. The van der Waals surface area contributed by atoms with Crippen molar-refractivity contribution >= 4 is 22.7 Å². The first kappa shape index (κ1) is 12.9. The van der Waals surface area contributed by atoms with Crippen LogP contribution in [0.2, 0.25) is 0 Å². The molecule has 1 saturated carbocycles. The molecule has 1 aromatic carbocycles. The number of carboxylic acids is 1. The number of rotatable bonds is 5. The molecule has 2 atom stereocenters. The van der Waals surface area contributed by atoms with Crippen LogP contribution in [-0.2, 0) is 0 Å². The highest BCUT2D eigenvalue weighted by atomic mass is 16.4. The van der Waals surface area contributed by atoms with Crippen LogP contribution in [0.4, 0.5) is 5.82 Å². The molecule has 0 radical (unpaired) electrons. The van der Waals surface area contributed by atoms with E-state index < -0.39 is 5.97 Å². The van der Waals surface area contributed by atoms with E-state index in [1.54, 1.807) is 12.1 Å². The lowest BCUT2D eigenvalue weighted by molar-refractivity contribution is 0.0699. The predicted molar refractivity (Wildman–Crippen MR) is 79.1 cm³/mol. The van der Waals surface area contributed by atoms with Crippen LogP contribution >= 0.6 is 0 Å². The van der Waals surface area contributed by atoms with E-state index >= 15 is 0 Å². The third kappa shape index (κ3) is 2.46. The molecule has 0 bridgehead atoms. The summed E-state index contributed by atoms with van der Waals surface area (Å²) in [7, 11) is 0. The number of fused-ring (bicyclic) bond motifs is 1. The Morgan fingerprint density at radius 1 is 1.45 bits per heavy atom. The van der Waals surface area contributed by atoms with Crippen LogP contribution in [0, 0.1) is 5.92 Å². The van der Waals surface area contributed by atoms with Gasteiger partial charge in [-0.05, 0) is 30.9 Å². The Labute approximate surface area is 117 Å². The van der Waals surface area contributed by atoms with Gasteiger partial charge in [0.1, 0.15) is 5.82 Å². The molecule has 2 unspecified atom stereocenters. The third-order valence-electron chi connectivity index (χ3n) is 3.86. The van der Waals surface area contributed by atoms with Gasteiger partial charge in [-0.15, -0.1) is 0 Å². The molecule has 2 aromatic rings. The van der Waals surface area contributed by atoms with Crippen LogP contribution in [-0.4, -0.2) is 22.1 Å². The minimum atomic E-state index is -0.910. The number of nitrogens with zero attached hydrogens (tertiary/aromatic N) is 1. The van der Waals surface area contributed by atoms with Gasteiger partial charge in [0, 0.05) is 11.4 Å². The van der Waals surface area contributed by atoms with Gasteiger partial charge < -0.3 is 10.4 Å². The van der Waals surface area contributed by atoms with Crippen molar-refractivity contribution < 1.29 is 9.90 Å². The predicted octanol–water partition coefficient (Wildman–Crippen LogP) is 3.53. The van der Waals surface area contributed by atoms with Crippen LogP contribution in [0.1, 0.15) is 36.5 Å². The molecule has 0 aliphatic heterocycles. The summed E-state index contributed by atoms with van der Waals surface area (Å²) in [5.41, 5.74) is 1.04. The van der Waals surface area contributed by atoms with Crippen molar-refractivity contribution in [1.82, 2.24) is 4.98 Å². The summed E-state index contributed by atoms with van der Waals surface area (Å²) in [6, 6.07) is 9.45. The molecule has 1 aliphatic carbocycles. The van der Waals surface area contributed by atoms with E-state index in [0.717, 1.165) is 11.9 Å². The smallest absolute Gasteiger partial charge is 0.336 e. The highest BCUT2D eigenvalue weighted by Gasteiger charge is 2.36. The van der Waals surface area contributed by atoms with Crippen LogP contribution in [0.5, 0.6) is 0 Å². The number of pyridine rings is 1. The average molecular weight is 270 g/mol. The summed E-state index contributed by atoms with van der Waals surface area (Å²) in [5, 5.41) is 13.4. The molecule has 1 heterocycles. The number of benzene rings is 1. The normalized spacial score (nSPS) is 20.9. The maximum atomic E-state index is 11.4. The van der Waals surface area contributed by atoms with Gasteiger partial charge in [-0.3, -0.25) is 0 Å². The highest BCUT2D eigenvalue weighted by molar-refractivity contribution is 6.03. The molecule has 1 aliphatic rings. The van der Waals surface area contributed by atoms with Crippen LogP contribution in [0.15, 0.2) is 30.3 Å². The molecule has 1 aromatic heterocycles. The Hall–Kier alpha value is -2.10. The zero-order valence-electron chi connectivity index (χ0n) is 11.5. The summed E-state index contributed by atoms with van der Waals surface area (Å²) in [5.74, 6) is 0.471. The Kier molecular flexibility index (Phi) is 3.30. The summed E-state index contributed by atoms with van der Waals surface area (Å²) in [4.78, 5) is 15.9. The highest BCUT2D eigenvalue weighted by Crippen LogP contribution is 2.37. The van der Waals surface area contributed by atoms with Gasteiger partial charge in [0.15, 0.2) is 0 Å². The molecule has 104 valence electrons. The molecule has 20 heavy (non-hydrogen) atoms. The zero-order chi connectivity index (χ0) is 14.1. The average Bonchev–Trinajstić information content (AvgIpc) is 3.16. The van der Waals surface area contributed by atoms with E-state index in [2.05, 4.69) is 17.2 Å². The van der Waals surface area contributed by atoms with Crippen LogP contribution < -0.4 is 5.32 Å². The minimum absolute atomic E-state index is 0.311. The van der Waals surface area contributed by atoms with Gasteiger partial charge in [0.05, 0.1) is 11.1 Å². The number of hydrogen-bond donors (Lipinski definition) is 2. The fourth-order valence-corrected chi connectivity index (χ4v) is 2.73. The second-order valence-corrected chi connectivity index (χ2v) is 5.41. The van der Waals surface area contributed by atoms with Crippen molar-refractivity contribution in [1.29, 1.82) is 0 Å². The summed E-state index contributed by atoms with van der Waals surface area (Å²) >= 11 is 0. The number of aromatic nitrogens is 1. The van der Waals surface area contributed by atoms with Crippen molar-refractivity contribution in [3.05, 3.63) is 35.9 Å². The van der Waals surface area contributed by atoms with Crippen LogP contribution in [0.3, 0.4) is 0 Å². The first-order chi connectivity index (χ1) is 9.69. The molecule has 1 fully saturated rings. The molecular formula is C16H18N2O2. The number of aromatic carboxylic acids is 1. The standard InChI is InChI=1S/C16H18N2O2/c1-2-5-10-8-14(10)18-15-9-12(16(19)20)11-6-3-4-7-13(11)17-15/h3-4,6-7,9-10,14H,2,5,8H2,1H3,(H,17,18)(H,19,20). The second kappa shape index (κ2) is 5.12. The fourth-order valence-electron chi connectivity index (χ4n) is 2.73. The molecule has 4 nitrogen and oxygen atoms in total. The summed E-state index contributed by atoms with van der Waals surface area (Å²) < 4.78 is 0. The fraction of sp³-hybridized carbons (Fsp3) is 0.375. The molecule has 2 N–H and O–H groups in total. The van der Waals surface area contributed by atoms with E-state index in [4.69, 9.17) is 0 Å². The van der Waals surface area contributed by atoms with Crippen molar-refractivity contribution in [2.24, 2.45) is 5.92 Å².